The van der Waals surface area contributed by atoms with E-state index in [1.165, 1.54) is 13.2 Å². The number of methoxy groups -OCH3 is 1. The van der Waals surface area contributed by atoms with Gasteiger partial charge < -0.3 is 15.4 Å². The van der Waals surface area contributed by atoms with Gasteiger partial charge in [-0.15, -0.1) is 0 Å². The lowest BCUT2D eigenvalue weighted by molar-refractivity contribution is -0.114. The number of anilines is 2. The summed E-state index contributed by atoms with van der Waals surface area (Å²) in [6.07, 6.45) is 1.01. The van der Waals surface area contributed by atoms with Crippen molar-refractivity contribution in [3.8, 4) is 0 Å². The van der Waals surface area contributed by atoms with Gasteiger partial charge in [0, 0.05) is 18.7 Å². The number of nitrogens with one attached hydrogen (secondary N) is 2. The molecule has 0 aliphatic carbocycles. The Morgan fingerprint density at radius 1 is 1.17 bits per heavy atom. The molecule has 0 aliphatic rings. The van der Waals surface area contributed by atoms with Crippen LogP contribution in [0.2, 0.25) is 5.02 Å². The predicted molar refractivity (Wildman–Crippen MR) is 118 cm³/mol. The summed E-state index contributed by atoms with van der Waals surface area (Å²) >= 11 is 6.01. The second-order valence-corrected chi connectivity index (χ2v) is 8.89. The fourth-order valence-corrected chi connectivity index (χ4v) is 3.78. The van der Waals surface area contributed by atoms with Gasteiger partial charge in [-0.25, -0.2) is 8.42 Å². The maximum atomic E-state index is 12.7. The molecular formula is C20H24ClN3O5S. The van der Waals surface area contributed by atoms with E-state index in [0.717, 1.165) is 10.6 Å². The number of amides is 2. The molecule has 0 heterocycles. The number of halogens is 1. The van der Waals surface area contributed by atoms with Gasteiger partial charge >= 0.3 is 0 Å². The molecular weight excluding hydrogens is 430 g/mol. The van der Waals surface area contributed by atoms with Gasteiger partial charge in [0.2, 0.25) is 15.9 Å². The molecule has 0 fully saturated rings. The number of benzene rings is 2. The van der Waals surface area contributed by atoms with Gasteiger partial charge in [0.05, 0.1) is 29.8 Å². The van der Waals surface area contributed by atoms with Crippen molar-refractivity contribution in [3.05, 3.63) is 58.6 Å². The lowest BCUT2D eigenvalue weighted by Gasteiger charge is -2.24. The van der Waals surface area contributed by atoms with E-state index in [0.29, 0.717) is 29.4 Å². The summed E-state index contributed by atoms with van der Waals surface area (Å²) in [5.41, 5.74) is 1.49. The standard InChI is InChI=1S/C20H24ClN3O5S/c1-14-8-9-15(21)12-18(14)24(30(3,27)28)13-19(25)23-17-7-5-4-6-16(17)20(26)22-10-11-29-2/h4-9,12H,10-11,13H2,1-3H3,(H,22,26)(H,23,25). The van der Waals surface area contributed by atoms with Crippen LogP contribution in [-0.2, 0) is 19.6 Å². The minimum absolute atomic E-state index is 0.256. The summed E-state index contributed by atoms with van der Waals surface area (Å²) in [4.78, 5) is 25.0. The SMILES string of the molecule is COCCNC(=O)c1ccccc1NC(=O)CN(c1cc(Cl)ccc1C)S(C)(=O)=O. The van der Waals surface area contributed by atoms with E-state index in [-0.39, 0.29) is 17.2 Å². The van der Waals surface area contributed by atoms with Crippen molar-refractivity contribution in [2.24, 2.45) is 0 Å². The highest BCUT2D eigenvalue weighted by Gasteiger charge is 2.23. The highest BCUT2D eigenvalue weighted by molar-refractivity contribution is 7.92. The zero-order valence-electron chi connectivity index (χ0n) is 16.9. The zero-order chi connectivity index (χ0) is 22.3. The van der Waals surface area contributed by atoms with E-state index in [1.807, 2.05) is 0 Å². The molecule has 2 aromatic rings. The van der Waals surface area contributed by atoms with E-state index in [1.54, 1.807) is 43.3 Å². The van der Waals surface area contributed by atoms with Gasteiger partial charge in [-0.1, -0.05) is 29.8 Å². The Labute approximate surface area is 181 Å². The molecule has 2 N–H and O–H groups in total. The molecule has 0 unspecified atom stereocenters. The Kier molecular flexibility index (Phi) is 8.22. The Balaban J connectivity index is 2.23. The second-order valence-electron chi connectivity index (χ2n) is 6.54. The van der Waals surface area contributed by atoms with Crippen LogP contribution in [0.4, 0.5) is 11.4 Å². The van der Waals surface area contributed by atoms with E-state index in [9.17, 15) is 18.0 Å². The summed E-state index contributed by atoms with van der Waals surface area (Å²) in [5, 5.41) is 5.65. The van der Waals surface area contributed by atoms with Gasteiger partial charge in [0.15, 0.2) is 0 Å². The van der Waals surface area contributed by atoms with Gasteiger partial charge in [-0.05, 0) is 36.8 Å². The van der Waals surface area contributed by atoms with Crippen molar-refractivity contribution in [2.75, 3.05) is 42.7 Å². The topological polar surface area (TPSA) is 105 Å². The molecule has 0 spiro atoms. The molecule has 2 rings (SSSR count). The lowest BCUT2D eigenvalue weighted by atomic mass is 10.1. The van der Waals surface area contributed by atoms with Crippen molar-refractivity contribution in [2.45, 2.75) is 6.92 Å². The lowest BCUT2D eigenvalue weighted by Crippen LogP contribution is -2.38. The van der Waals surface area contributed by atoms with Gasteiger partial charge in [0.25, 0.3) is 5.91 Å². The molecule has 2 aromatic carbocycles. The summed E-state index contributed by atoms with van der Waals surface area (Å²) in [5.74, 6) is -0.981. The van der Waals surface area contributed by atoms with Crippen molar-refractivity contribution in [3.63, 3.8) is 0 Å². The predicted octanol–water partition coefficient (Wildman–Crippen LogP) is 2.43. The molecule has 0 atom stereocenters. The van der Waals surface area contributed by atoms with Crippen LogP contribution in [-0.4, -0.2) is 53.3 Å². The van der Waals surface area contributed by atoms with Crippen LogP contribution in [0, 0.1) is 6.92 Å². The first-order valence-electron chi connectivity index (χ1n) is 9.03. The van der Waals surface area contributed by atoms with E-state index >= 15 is 0 Å². The molecule has 10 heteroatoms. The second kappa shape index (κ2) is 10.4. The number of sulfonamides is 1. The minimum Gasteiger partial charge on any atom is -0.383 e. The first kappa shape index (κ1) is 23.7. The van der Waals surface area contributed by atoms with Crippen LogP contribution in [0.25, 0.3) is 0 Å². The number of aryl methyl sites for hydroxylation is 1. The molecule has 0 aromatic heterocycles. The van der Waals surface area contributed by atoms with E-state index in [2.05, 4.69) is 10.6 Å². The van der Waals surface area contributed by atoms with Crippen molar-refractivity contribution in [1.29, 1.82) is 0 Å². The first-order valence-corrected chi connectivity index (χ1v) is 11.3. The quantitative estimate of drug-likeness (QED) is 0.567. The zero-order valence-corrected chi connectivity index (χ0v) is 18.5. The fraction of sp³-hybridized carbons (Fsp3) is 0.300. The van der Waals surface area contributed by atoms with E-state index in [4.69, 9.17) is 16.3 Å². The van der Waals surface area contributed by atoms with Gasteiger partial charge in [-0.3, -0.25) is 13.9 Å². The maximum absolute atomic E-state index is 12.7. The number of para-hydroxylation sites is 1. The minimum atomic E-state index is -3.77. The molecule has 0 saturated carbocycles. The van der Waals surface area contributed by atoms with Crippen molar-refractivity contribution < 1.29 is 22.7 Å². The molecule has 0 saturated heterocycles. The Morgan fingerprint density at radius 3 is 2.53 bits per heavy atom. The van der Waals surface area contributed by atoms with Crippen LogP contribution in [0.5, 0.6) is 0 Å². The molecule has 2 amide bonds. The number of ether oxygens (including phenoxy) is 1. The molecule has 8 nitrogen and oxygen atoms in total. The number of nitrogens with zero attached hydrogens (tertiary/aromatic N) is 1. The maximum Gasteiger partial charge on any atom is 0.253 e. The number of rotatable bonds is 9. The van der Waals surface area contributed by atoms with Crippen LogP contribution >= 0.6 is 11.6 Å². The van der Waals surface area contributed by atoms with Gasteiger partial charge in [-0.2, -0.15) is 0 Å². The van der Waals surface area contributed by atoms with E-state index < -0.39 is 22.5 Å². The molecule has 30 heavy (non-hydrogen) atoms. The summed E-state index contributed by atoms with van der Waals surface area (Å²) in [7, 11) is -2.24. The van der Waals surface area contributed by atoms with Crippen LogP contribution in [0.3, 0.4) is 0 Å². The molecule has 0 aliphatic heterocycles. The fourth-order valence-electron chi connectivity index (χ4n) is 2.70. The normalized spacial score (nSPS) is 11.1. The van der Waals surface area contributed by atoms with Crippen LogP contribution in [0.15, 0.2) is 42.5 Å². The molecule has 162 valence electrons. The number of hydrogen-bond acceptors (Lipinski definition) is 5. The highest BCUT2D eigenvalue weighted by Crippen LogP contribution is 2.26. The average Bonchev–Trinajstić information content (AvgIpc) is 2.68. The number of carbonyl (C=O) groups excluding carboxylic acids is 2. The van der Waals surface area contributed by atoms with Crippen molar-refractivity contribution >= 4 is 44.8 Å². The van der Waals surface area contributed by atoms with Crippen LogP contribution < -0.4 is 14.9 Å². The third kappa shape index (κ3) is 6.45. The van der Waals surface area contributed by atoms with Crippen LogP contribution in [0.1, 0.15) is 15.9 Å². The first-order chi connectivity index (χ1) is 14.1. The third-order valence-electron chi connectivity index (χ3n) is 4.16. The summed E-state index contributed by atoms with van der Waals surface area (Å²) < 4.78 is 30.5. The third-order valence-corrected chi connectivity index (χ3v) is 5.53. The number of hydrogen-bond donors (Lipinski definition) is 2. The average molecular weight is 454 g/mol. The molecule has 0 bridgehead atoms. The Hall–Kier alpha value is -2.62. The smallest absolute Gasteiger partial charge is 0.253 e. The Morgan fingerprint density at radius 2 is 1.87 bits per heavy atom. The summed E-state index contributed by atoms with van der Waals surface area (Å²) in [6, 6.07) is 11.3. The Bertz CT molecular complexity index is 1030. The summed E-state index contributed by atoms with van der Waals surface area (Å²) in [6.45, 7) is 1.91. The largest absolute Gasteiger partial charge is 0.383 e. The monoisotopic (exact) mass is 453 g/mol. The number of carbonyl (C=O) groups is 2. The molecule has 0 radical (unpaired) electrons. The highest BCUT2D eigenvalue weighted by atomic mass is 35.5. The van der Waals surface area contributed by atoms with Gasteiger partial charge in [0.1, 0.15) is 6.54 Å². The van der Waals surface area contributed by atoms with Crippen molar-refractivity contribution in [1.82, 2.24) is 5.32 Å².